The first-order valence-corrected chi connectivity index (χ1v) is 5.79. The first-order valence-electron chi connectivity index (χ1n) is 5.79. The molecule has 2 rings (SSSR count). The van der Waals surface area contributed by atoms with Gasteiger partial charge in [0.1, 0.15) is 0 Å². The molecule has 88 valence electrons. The van der Waals surface area contributed by atoms with Crippen LogP contribution in [0.4, 0.5) is 5.69 Å². The molecule has 0 fully saturated rings. The molecule has 0 amide bonds. The molecule has 3 nitrogen and oxygen atoms in total. The maximum Gasteiger partial charge on any atom is 0.0541 e. The molecule has 0 saturated carbocycles. The lowest BCUT2D eigenvalue weighted by atomic mass is 10.1. The van der Waals surface area contributed by atoms with Gasteiger partial charge in [-0.3, -0.25) is 4.98 Å². The number of hydrogen-bond donors (Lipinski definition) is 2. The molecule has 0 spiro atoms. The van der Waals surface area contributed by atoms with Gasteiger partial charge >= 0.3 is 0 Å². The Hall–Kier alpha value is -1.87. The van der Waals surface area contributed by atoms with Gasteiger partial charge in [0.05, 0.1) is 5.69 Å². The largest absolute Gasteiger partial charge is 0.399 e. The van der Waals surface area contributed by atoms with Crippen LogP contribution in [0.3, 0.4) is 0 Å². The smallest absolute Gasteiger partial charge is 0.0541 e. The zero-order valence-corrected chi connectivity index (χ0v) is 9.76. The highest BCUT2D eigenvalue weighted by atomic mass is 14.9. The van der Waals surface area contributed by atoms with Gasteiger partial charge in [-0.1, -0.05) is 18.2 Å². The standard InChI is InChI=1S/C14H17N3/c15-13-6-4-12(5-7-13)8-10-16-11-14-3-1-2-9-17-14/h1-7,9,16H,8,10-11,15H2. The van der Waals surface area contributed by atoms with Crippen molar-refractivity contribution in [2.24, 2.45) is 0 Å². The monoisotopic (exact) mass is 227 g/mol. The molecular weight excluding hydrogens is 210 g/mol. The molecule has 0 atom stereocenters. The van der Waals surface area contributed by atoms with E-state index in [2.05, 4.69) is 22.4 Å². The molecule has 0 bridgehead atoms. The molecule has 0 radical (unpaired) electrons. The average molecular weight is 227 g/mol. The molecule has 0 aliphatic rings. The van der Waals surface area contributed by atoms with Crippen molar-refractivity contribution < 1.29 is 0 Å². The number of nitrogens with zero attached hydrogens (tertiary/aromatic N) is 1. The minimum atomic E-state index is 0.815. The van der Waals surface area contributed by atoms with E-state index < -0.39 is 0 Å². The Morgan fingerprint density at radius 2 is 1.88 bits per heavy atom. The number of nitrogens with one attached hydrogen (secondary N) is 1. The van der Waals surface area contributed by atoms with Crippen molar-refractivity contribution in [3.8, 4) is 0 Å². The summed E-state index contributed by atoms with van der Waals surface area (Å²) >= 11 is 0. The number of nitrogen functional groups attached to an aromatic ring is 1. The Balaban J connectivity index is 1.71. The van der Waals surface area contributed by atoms with Gasteiger partial charge in [-0.05, 0) is 42.8 Å². The fraction of sp³-hybridized carbons (Fsp3) is 0.214. The number of rotatable bonds is 5. The van der Waals surface area contributed by atoms with E-state index in [0.717, 1.165) is 30.9 Å². The van der Waals surface area contributed by atoms with Crippen molar-refractivity contribution in [3.05, 3.63) is 59.9 Å². The Kier molecular flexibility index (Phi) is 4.11. The predicted octanol–water partition coefficient (Wildman–Crippen LogP) is 2.00. The van der Waals surface area contributed by atoms with E-state index >= 15 is 0 Å². The summed E-state index contributed by atoms with van der Waals surface area (Å²) in [6.07, 6.45) is 2.82. The maximum atomic E-state index is 5.63. The van der Waals surface area contributed by atoms with Gasteiger partial charge in [0.2, 0.25) is 0 Å². The molecule has 1 aromatic carbocycles. The molecule has 0 unspecified atom stereocenters. The zero-order valence-electron chi connectivity index (χ0n) is 9.76. The second-order valence-corrected chi connectivity index (χ2v) is 3.99. The third-order valence-corrected chi connectivity index (χ3v) is 2.60. The van der Waals surface area contributed by atoms with Crippen molar-refractivity contribution in [2.45, 2.75) is 13.0 Å². The van der Waals surface area contributed by atoms with E-state index in [1.165, 1.54) is 5.56 Å². The van der Waals surface area contributed by atoms with E-state index in [1.807, 2.05) is 36.5 Å². The van der Waals surface area contributed by atoms with Crippen LogP contribution in [-0.2, 0) is 13.0 Å². The fourth-order valence-electron chi connectivity index (χ4n) is 1.64. The molecule has 0 saturated heterocycles. The average Bonchev–Trinajstić information content (AvgIpc) is 2.38. The summed E-state index contributed by atoms with van der Waals surface area (Å²) in [7, 11) is 0. The lowest BCUT2D eigenvalue weighted by molar-refractivity contribution is 0.675. The molecule has 3 N–H and O–H groups in total. The molecule has 1 heterocycles. The van der Waals surface area contributed by atoms with Crippen LogP contribution in [0.5, 0.6) is 0 Å². The van der Waals surface area contributed by atoms with E-state index in [0.29, 0.717) is 0 Å². The third-order valence-electron chi connectivity index (χ3n) is 2.60. The van der Waals surface area contributed by atoms with Crippen molar-refractivity contribution in [3.63, 3.8) is 0 Å². The van der Waals surface area contributed by atoms with Gasteiger partial charge in [0.25, 0.3) is 0 Å². The van der Waals surface area contributed by atoms with Crippen molar-refractivity contribution >= 4 is 5.69 Å². The van der Waals surface area contributed by atoms with Gasteiger partial charge in [0.15, 0.2) is 0 Å². The van der Waals surface area contributed by atoms with Crippen molar-refractivity contribution in [1.82, 2.24) is 10.3 Å². The highest BCUT2D eigenvalue weighted by Gasteiger charge is 1.94. The van der Waals surface area contributed by atoms with Crippen LogP contribution in [0.25, 0.3) is 0 Å². The Labute approximate surface area is 102 Å². The van der Waals surface area contributed by atoms with E-state index in [4.69, 9.17) is 5.73 Å². The van der Waals surface area contributed by atoms with Crippen LogP contribution in [-0.4, -0.2) is 11.5 Å². The van der Waals surface area contributed by atoms with Crippen LogP contribution in [0.2, 0.25) is 0 Å². The summed E-state index contributed by atoms with van der Waals surface area (Å²) in [5, 5.41) is 3.37. The number of nitrogens with two attached hydrogens (primary N) is 1. The summed E-state index contributed by atoms with van der Waals surface area (Å²) in [4.78, 5) is 4.26. The number of benzene rings is 1. The summed E-state index contributed by atoms with van der Waals surface area (Å²) in [5.41, 5.74) is 8.82. The van der Waals surface area contributed by atoms with Crippen LogP contribution >= 0.6 is 0 Å². The van der Waals surface area contributed by atoms with Crippen LogP contribution < -0.4 is 11.1 Å². The third kappa shape index (κ3) is 3.89. The van der Waals surface area contributed by atoms with E-state index in [9.17, 15) is 0 Å². The van der Waals surface area contributed by atoms with Gasteiger partial charge in [0, 0.05) is 18.4 Å². The predicted molar refractivity (Wildman–Crippen MR) is 70.5 cm³/mol. The maximum absolute atomic E-state index is 5.63. The molecule has 1 aromatic heterocycles. The van der Waals surface area contributed by atoms with Gasteiger partial charge in [-0.25, -0.2) is 0 Å². The van der Waals surface area contributed by atoms with Gasteiger partial charge < -0.3 is 11.1 Å². The van der Waals surface area contributed by atoms with Crippen LogP contribution in [0.1, 0.15) is 11.3 Å². The SMILES string of the molecule is Nc1ccc(CCNCc2ccccn2)cc1. The van der Waals surface area contributed by atoms with Crippen LogP contribution in [0.15, 0.2) is 48.7 Å². The summed E-state index contributed by atoms with van der Waals surface area (Å²) in [5.74, 6) is 0. The molecule has 0 aliphatic carbocycles. The fourth-order valence-corrected chi connectivity index (χ4v) is 1.64. The molecule has 17 heavy (non-hydrogen) atoms. The lowest BCUT2D eigenvalue weighted by Gasteiger charge is -2.04. The van der Waals surface area contributed by atoms with Gasteiger partial charge in [-0.2, -0.15) is 0 Å². The molecule has 2 aromatic rings. The Morgan fingerprint density at radius 1 is 1.06 bits per heavy atom. The minimum Gasteiger partial charge on any atom is -0.399 e. The Bertz CT molecular complexity index is 437. The number of anilines is 1. The summed E-state index contributed by atoms with van der Waals surface area (Å²) in [6, 6.07) is 14.0. The molecular formula is C14H17N3. The first-order chi connectivity index (χ1) is 8.34. The van der Waals surface area contributed by atoms with E-state index in [-0.39, 0.29) is 0 Å². The minimum absolute atomic E-state index is 0.815. The highest BCUT2D eigenvalue weighted by Crippen LogP contribution is 2.05. The summed E-state index contributed by atoms with van der Waals surface area (Å²) < 4.78 is 0. The second kappa shape index (κ2) is 6.01. The quantitative estimate of drug-likeness (QED) is 0.606. The summed E-state index contributed by atoms with van der Waals surface area (Å²) in [6.45, 7) is 1.76. The van der Waals surface area contributed by atoms with Crippen molar-refractivity contribution in [1.29, 1.82) is 0 Å². The van der Waals surface area contributed by atoms with Gasteiger partial charge in [-0.15, -0.1) is 0 Å². The normalized spacial score (nSPS) is 10.4. The number of hydrogen-bond acceptors (Lipinski definition) is 3. The molecule has 3 heteroatoms. The highest BCUT2D eigenvalue weighted by molar-refractivity contribution is 5.39. The second-order valence-electron chi connectivity index (χ2n) is 3.99. The topological polar surface area (TPSA) is 50.9 Å². The lowest BCUT2D eigenvalue weighted by Crippen LogP contribution is -2.17. The number of aromatic nitrogens is 1. The van der Waals surface area contributed by atoms with Crippen LogP contribution in [0, 0.1) is 0 Å². The Morgan fingerprint density at radius 3 is 2.59 bits per heavy atom. The van der Waals surface area contributed by atoms with Crippen molar-refractivity contribution in [2.75, 3.05) is 12.3 Å². The van der Waals surface area contributed by atoms with E-state index in [1.54, 1.807) is 0 Å². The first kappa shape index (κ1) is 11.6. The number of pyridine rings is 1. The molecule has 0 aliphatic heterocycles. The zero-order chi connectivity index (χ0) is 11.9.